The maximum Gasteiger partial charge on any atom is 0.0775 e. The van der Waals surface area contributed by atoms with Crippen LogP contribution in [0, 0.1) is 0 Å². The van der Waals surface area contributed by atoms with E-state index < -0.39 is 5.60 Å². The van der Waals surface area contributed by atoms with Crippen molar-refractivity contribution in [1.29, 1.82) is 0 Å². The second-order valence-corrected chi connectivity index (χ2v) is 5.40. The molecular formula is C16H22N2O. The molecule has 0 bridgehead atoms. The Morgan fingerprint density at radius 1 is 1.32 bits per heavy atom. The summed E-state index contributed by atoms with van der Waals surface area (Å²) in [4.78, 5) is 3.42. The van der Waals surface area contributed by atoms with E-state index in [2.05, 4.69) is 28.5 Å². The first-order valence-electron chi connectivity index (χ1n) is 6.67. The van der Waals surface area contributed by atoms with Gasteiger partial charge in [0.1, 0.15) is 0 Å². The van der Waals surface area contributed by atoms with Crippen LogP contribution in [-0.2, 0) is 6.42 Å². The van der Waals surface area contributed by atoms with Gasteiger partial charge in [-0.3, -0.25) is 0 Å². The molecule has 3 nitrogen and oxygen atoms in total. The molecule has 0 aliphatic heterocycles. The summed E-state index contributed by atoms with van der Waals surface area (Å²) < 4.78 is 0. The highest BCUT2D eigenvalue weighted by atomic mass is 16.3. The third-order valence-electron chi connectivity index (χ3n) is 3.13. The van der Waals surface area contributed by atoms with E-state index in [1.807, 2.05) is 25.3 Å². The third-order valence-corrected chi connectivity index (χ3v) is 3.13. The predicted octanol–water partition coefficient (Wildman–Crippen LogP) is 2.71. The van der Waals surface area contributed by atoms with Gasteiger partial charge in [0.05, 0.1) is 5.60 Å². The lowest BCUT2D eigenvalue weighted by atomic mass is 10.0. The second kappa shape index (κ2) is 5.59. The normalized spacial score (nSPS) is 12.6. The van der Waals surface area contributed by atoms with Gasteiger partial charge in [0, 0.05) is 16.6 Å². The number of fused-ring (bicyclic) bond motifs is 1. The van der Waals surface area contributed by atoms with Gasteiger partial charge in [-0.25, -0.2) is 0 Å². The highest BCUT2D eigenvalue weighted by Crippen LogP contribution is 2.24. The fourth-order valence-corrected chi connectivity index (χ4v) is 2.17. The number of para-hydroxylation sites is 1. The van der Waals surface area contributed by atoms with Gasteiger partial charge in [-0.2, -0.15) is 0 Å². The average molecular weight is 258 g/mol. The summed E-state index contributed by atoms with van der Waals surface area (Å²) in [7, 11) is 1.96. The smallest absolute Gasteiger partial charge is 0.0775 e. The molecule has 1 aromatic heterocycles. The fraction of sp³-hybridized carbons (Fsp3) is 0.375. The van der Waals surface area contributed by atoms with Gasteiger partial charge in [-0.05, 0) is 51.6 Å². The molecule has 0 radical (unpaired) electrons. The molecule has 2 aromatic rings. The maximum absolute atomic E-state index is 9.81. The van der Waals surface area contributed by atoms with Crippen LogP contribution in [0.2, 0.25) is 0 Å². The summed E-state index contributed by atoms with van der Waals surface area (Å²) in [6, 6.07) is 8.31. The average Bonchev–Trinajstić information content (AvgIpc) is 2.71. The number of aromatic nitrogens is 1. The Morgan fingerprint density at radius 3 is 2.74 bits per heavy atom. The number of hydrogen-bond acceptors (Lipinski definition) is 2. The number of H-pyrrole nitrogens is 1. The van der Waals surface area contributed by atoms with E-state index in [1.54, 1.807) is 13.8 Å². The highest BCUT2D eigenvalue weighted by Gasteiger charge is 2.11. The Labute approximate surface area is 114 Å². The Hall–Kier alpha value is -1.58. The molecule has 0 saturated carbocycles. The van der Waals surface area contributed by atoms with Crippen molar-refractivity contribution < 1.29 is 5.11 Å². The van der Waals surface area contributed by atoms with E-state index in [0.717, 1.165) is 24.2 Å². The number of rotatable bonds is 5. The molecule has 0 aliphatic rings. The molecule has 2 rings (SSSR count). The van der Waals surface area contributed by atoms with Gasteiger partial charge >= 0.3 is 0 Å². The van der Waals surface area contributed by atoms with Gasteiger partial charge in [-0.1, -0.05) is 24.3 Å². The third kappa shape index (κ3) is 3.46. The van der Waals surface area contributed by atoms with E-state index in [-0.39, 0.29) is 0 Å². The minimum Gasteiger partial charge on any atom is -0.386 e. The van der Waals surface area contributed by atoms with Crippen molar-refractivity contribution in [1.82, 2.24) is 10.3 Å². The Balaban J connectivity index is 2.43. The molecule has 3 N–H and O–H groups in total. The molecule has 0 atom stereocenters. The maximum atomic E-state index is 9.81. The Morgan fingerprint density at radius 2 is 2.05 bits per heavy atom. The fourth-order valence-electron chi connectivity index (χ4n) is 2.17. The number of benzene rings is 1. The van der Waals surface area contributed by atoms with Crippen molar-refractivity contribution in [3.63, 3.8) is 0 Å². The van der Waals surface area contributed by atoms with Crippen molar-refractivity contribution in [2.24, 2.45) is 0 Å². The molecule has 1 heterocycles. The first kappa shape index (κ1) is 13.8. The molecule has 19 heavy (non-hydrogen) atoms. The Kier molecular flexibility index (Phi) is 4.08. The minimum atomic E-state index is -0.794. The molecule has 0 aliphatic carbocycles. The summed E-state index contributed by atoms with van der Waals surface area (Å²) in [5, 5.41) is 14.2. The van der Waals surface area contributed by atoms with Crippen molar-refractivity contribution in [3.05, 3.63) is 41.6 Å². The largest absolute Gasteiger partial charge is 0.386 e. The number of hydrogen-bond donors (Lipinski definition) is 3. The van der Waals surface area contributed by atoms with Crippen LogP contribution in [0.25, 0.3) is 17.0 Å². The van der Waals surface area contributed by atoms with E-state index in [4.69, 9.17) is 0 Å². The predicted molar refractivity (Wildman–Crippen MR) is 81.3 cm³/mol. The van der Waals surface area contributed by atoms with Crippen LogP contribution in [0.5, 0.6) is 0 Å². The van der Waals surface area contributed by atoms with Crippen LogP contribution in [0.3, 0.4) is 0 Å². The zero-order valence-corrected chi connectivity index (χ0v) is 11.8. The monoisotopic (exact) mass is 258 g/mol. The van der Waals surface area contributed by atoms with E-state index in [9.17, 15) is 5.11 Å². The van der Waals surface area contributed by atoms with Gasteiger partial charge in [0.25, 0.3) is 0 Å². The lowest BCUT2D eigenvalue weighted by molar-refractivity contribution is 0.134. The zero-order chi connectivity index (χ0) is 13.9. The van der Waals surface area contributed by atoms with E-state index >= 15 is 0 Å². The van der Waals surface area contributed by atoms with Crippen molar-refractivity contribution >= 4 is 17.0 Å². The molecule has 0 fully saturated rings. The van der Waals surface area contributed by atoms with Crippen LogP contribution in [-0.4, -0.2) is 29.3 Å². The number of nitrogens with one attached hydrogen (secondary N) is 2. The van der Waals surface area contributed by atoms with E-state index in [0.29, 0.717) is 0 Å². The molecule has 0 unspecified atom stereocenters. The summed E-state index contributed by atoms with van der Waals surface area (Å²) in [5.74, 6) is 0. The lowest BCUT2D eigenvalue weighted by Gasteiger charge is -2.10. The highest BCUT2D eigenvalue weighted by molar-refractivity contribution is 5.87. The van der Waals surface area contributed by atoms with Crippen LogP contribution in [0.1, 0.15) is 25.1 Å². The van der Waals surface area contributed by atoms with Crippen molar-refractivity contribution in [3.8, 4) is 0 Å². The topological polar surface area (TPSA) is 48.0 Å². The lowest BCUT2D eigenvalue weighted by Crippen LogP contribution is -2.13. The number of likely N-dealkylation sites (N-methyl/N-ethyl adjacent to an activating group) is 1. The molecule has 1 aromatic carbocycles. The van der Waals surface area contributed by atoms with Crippen LogP contribution >= 0.6 is 0 Å². The second-order valence-electron chi connectivity index (χ2n) is 5.40. The molecular weight excluding hydrogens is 236 g/mol. The van der Waals surface area contributed by atoms with Crippen LogP contribution < -0.4 is 5.32 Å². The first-order chi connectivity index (χ1) is 9.01. The van der Waals surface area contributed by atoms with Gasteiger partial charge < -0.3 is 15.4 Å². The summed E-state index contributed by atoms with van der Waals surface area (Å²) in [6.07, 6.45) is 4.76. The number of aromatic amines is 1. The van der Waals surface area contributed by atoms with Crippen LogP contribution in [0.15, 0.2) is 30.3 Å². The quantitative estimate of drug-likeness (QED) is 0.772. The molecule has 0 amide bonds. The first-order valence-corrected chi connectivity index (χ1v) is 6.67. The molecule has 3 heteroatoms. The van der Waals surface area contributed by atoms with Gasteiger partial charge in [0.15, 0.2) is 0 Å². The number of aliphatic hydroxyl groups is 1. The van der Waals surface area contributed by atoms with Gasteiger partial charge in [0.2, 0.25) is 0 Å². The van der Waals surface area contributed by atoms with Crippen molar-refractivity contribution in [2.45, 2.75) is 25.9 Å². The van der Waals surface area contributed by atoms with Gasteiger partial charge in [-0.15, -0.1) is 0 Å². The SMILES string of the molecule is CNCCc1c(/C=C/C(C)(C)O)[nH]c2ccccc12. The van der Waals surface area contributed by atoms with Crippen molar-refractivity contribution in [2.75, 3.05) is 13.6 Å². The standard InChI is InChI=1S/C16H22N2O/c1-16(2,19)10-8-15-13(9-11-17-3)12-6-4-5-7-14(12)18-15/h4-8,10,17-19H,9,11H2,1-3H3/b10-8+. The molecule has 0 spiro atoms. The van der Waals surface area contributed by atoms with Crippen LogP contribution in [0.4, 0.5) is 0 Å². The minimum absolute atomic E-state index is 0.794. The summed E-state index contributed by atoms with van der Waals surface area (Å²) >= 11 is 0. The summed E-state index contributed by atoms with van der Waals surface area (Å²) in [6.45, 7) is 4.49. The van der Waals surface area contributed by atoms with E-state index in [1.165, 1.54) is 10.9 Å². The Bertz CT molecular complexity index is 576. The zero-order valence-electron chi connectivity index (χ0n) is 11.8. The molecule has 102 valence electrons. The summed E-state index contributed by atoms with van der Waals surface area (Å²) in [5.41, 5.74) is 2.73. The molecule has 0 saturated heterocycles.